The average molecular weight is 335 g/mol. The van der Waals surface area contributed by atoms with Crippen LogP contribution in [0.4, 0.5) is 5.69 Å². The Morgan fingerprint density at radius 3 is 3.04 bits per heavy atom. The van der Waals surface area contributed by atoms with Gasteiger partial charge in [0.25, 0.3) is 0 Å². The summed E-state index contributed by atoms with van der Waals surface area (Å²) in [4.78, 5) is 2.42. The maximum atomic E-state index is 6.13. The maximum absolute atomic E-state index is 6.13. The number of rotatable bonds is 6. The molecule has 6 heteroatoms. The van der Waals surface area contributed by atoms with E-state index in [2.05, 4.69) is 27.4 Å². The van der Waals surface area contributed by atoms with Gasteiger partial charge in [-0.2, -0.15) is 5.10 Å². The van der Waals surface area contributed by atoms with Crippen LogP contribution in [-0.4, -0.2) is 36.5 Å². The van der Waals surface area contributed by atoms with E-state index in [1.165, 1.54) is 12.1 Å². The predicted molar refractivity (Wildman–Crippen MR) is 93.2 cm³/mol. The number of aryl methyl sites for hydroxylation is 1. The number of ether oxygens (including phenoxy) is 1. The molecule has 3 rings (SSSR count). The molecule has 1 aromatic heterocycles. The van der Waals surface area contributed by atoms with Gasteiger partial charge in [0.05, 0.1) is 24.0 Å². The third-order valence-corrected chi connectivity index (χ3v) is 4.76. The Morgan fingerprint density at radius 2 is 2.30 bits per heavy atom. The second-order valence-corrected chi connectivity index (χ2v) is 6.40. The molecule has 0 spiro atoms. The van der Waals surface area contributed by atoms with Crippen LogP contribution in [0.3, 0.4) is 0 Å². The molecule has 1 aliphatic rings. The highest BCUT2D eigenvalue weighted by atomic mass is 35.5. The first-order valence-corrected chi connectivity index (χ1v) is 8.31. The second kappa shape index (κ2) is 7.23. The number of halogens is 1. The van der Waals surface area contributed by atoms with E-state index in [1.54, 1.807) is 13.3 Å². The molecule has 124 valence electrons. The van der Waals surface area contributed by atoms with Gasteiger partial charge in [-0.1, -0.05) is 17.7 Å². The summed E-state index contributed by atoms with van der Waals surface area (Å²) in [5.74, 6) is 1.56. The normalized spacial score (nSPS) is 17.7. The highest BCUT2D eigenvalue weighted by Gasteiger charge is 2.22. The molecule has 0 radical (unpaired) electrons. The Balaban J connectivity index is 1.50. The van der Waals surface area contributed by atoms with Gasteiger partial charge in [0.2, 0.25) is 0 Å². The van der Waals surface area contributed by atoms with Gasteiger partial charge in [-0.15, -0.1) is 0 Å². The van der Waals surface area contributed by atoms with Crippen LogP contribution in [0.2, 0.25) is 5.02 Å². The van der Waals surface area contributed by atoms with Crippen molar-refractivity contribution in [3.63, 3.8) is 0 Å². The highest BCUT2D eigenvalue weighted by molar-refractivity contribution is 6.31. The van der Waals surface area contributed by atoms with Crippen LogP contribution in [-0.2, 0) is 13.6 Å². The van der Waals surface area contributed by atoms with Gasteiger partial charge in [-0.05, 0) is 24.5 Å². The van der Waals surface area contributed by atoms with E-state index in [0.29, 0.717) is 5.92 Å². The summed E-state index contributed by atoms with van der Waals surface area (Å²) < 4.78 is 7.14. The number of aromatic nitrogens is 2. The van der Waals surface area contributed by atoms with Gasteiger partial charge in [-0.3, -0.25) is 4.68 Å². The fraction of sp³-hybridized carbons (Fsp3) is 0.471. The number of nitrogens with zero attached hydrogens (tertiary/aromatic N) is 3. The summed E-state index contributed by atoms with van der Waals surface area (Å²) in [5, 5.41) is 8.39. The zero-order valence-electron chi connectivity index (χ0n) is 13.6. The van der Waals surface area contributed by atoms with E-state index >= 15 is 0 Å². The zero-order chi connectivity index (χ0) is 16.2. The van der Waals surface area contributed by atoms with Gasteiger partial charge in [0.1, 0.15) is 5.75 Å². The third-order valence-electron chi connectivity index (χ3n) is 4.44. The Bertz CT molecular complexity index is 638. The smallest absolute Gasteiger partial charge is 0.120 e. The average Bonchev–Trinajstić information content (AvgIpc) is 3.16. The lowest BCUT2D eigenvalue weighted by atomic mass is 10.1. The molecule has 0 saturated carbocycles. The van der Waals surface area contributed by atoms with Crippen molar-refractivity contribution in [3.05, 3.63) is 41.2 Å². The number of hydrogen-bond donors (Lipinski definition) is 1. The fourth-order valence-electron chi connectivity index (χ4n) is 3.07. The molecule has 0 aliphatic carbocycles. The minimum atomic E-state index is 0.646. The molecule has 0 unspecified atom stereocenters. The first-order chi connectivity index (χ1) is 11.2. The van der Waals surface area contributed by atoms with Gasteiger partial charge in [0.15, 0.2) is 0 Å². The summed E-state index contributed by atoms with van der Waals surface area (Å²) >= 11 is 6.13. The molecule has 1 fully saturated rings. The Labute approximate surface area is 142 Å². The van der Waals surface area contributed by atoms with Crippen molar-refractivity contribution in [2.24, 2.45) is 13.0 Å². The first-order valence-electron chi connectivity index (χ1n) is 7.93. The SMILES string of the molecule is COc1cccc(N2CC[C@@H](CNCc3c(Cl)cnn3C)C2)c1. The molecule has 1 aromatic carbocycles. The van der Waals surface area contributed by atoms with Gasteiger partial charge >= 0.3 is 0 Å². The standard InChI is InChI=1S/C17H23ClN4O/c1-21-17(16(18)10-20-21)11-19-9-13-6-7-22(12-13)14-4-3-5-15(8-14)23-2/h3-5,8,10,13,19H,6-7,9,11-12H2,1-2H3/t13-/m0/s1. The van der Waals surface area contributed by atoms with Crippen LogP contribution in [0.15, 0.2) is 30.5 Å². The molecule has 1 N–H and O–H groups in total. The molecule has 0 amide bonds. The van der Waals surface area contributed by atoms with Gasteiger partial charge in [0, 0.05) is 45.0 Å². The number of anilines is 1. The lowest BCUT2D eigenvalue weighted by molar-refractivity contribution is 0.415. The molecule has 1 saturated heterocycles. The molecular weight excluding hydrogens is 312 g/mol. The summed E-state index contributed by atoms with van der Waals surface area (Å²) in [6.45, 7) is 3.90. The van der Waals surface area contributed by atoms with Crippen molar-refractivity contribution >= 4 is 17.3 Å². The van der Waals surface area contributed by atoms with Crippen LogP contribution in [0.5, 0.6) is 5.75 Å². The Kier molecular flexibility index (Phi) is 5.08. The molecule has 0 bridgehead atoms. The minimum Gasteiger partial charge on any atom is -0.497 e. The van der Waals surface area contributed by atoms with Crippen molar-refractivity contribution in [1.29, 1.82) is 0 Å². The molecule has 5 nitrogen and oxygen atoms in total. The van der Waals surface area contributed by atoms with E-state index < -0.39 is 0 Å². The summed E-state index contributed by atoms with van der Waals surface area (Å²) in [5.41, 5.74) is 2.27. The van der Waals surface area contributed by atoms with E-state index in [1.807, 2.05) is 23.9 Å². The third kappa shape index (κ3) is 3.79. The van der Waals surface area contributed by atoms with Crippen LogP contribution in [0, 0.1) is 5.92 Å². The lowest BCUT2D eigenvalue weighted by Crippen LogP contribution is -2.26. The molecule has 23 heavy (non-hydrogen) atoms. The van der Waals surface area contributed by atoms with Crippen molar-refractivity contribution < 1.29 is 4.74 Å². The van der Waals surface area contributed by atoms with E-state index in [0.717, 1.165) is 42.6 Å². The molecule has 2 heterocycles. The largest absolute Gasteiger partial charge is 0.497 e. The van der Waals surface area contributed by atoms with Crippen molar-refractivity contribution in [2.75, 3.05) is 31.6 Å². The van der Waals surface area contributed by atoms with Crippen molar-refractivity contribution in [1.82, 2.24) is 15.1 Å². The number of benzene rings is 1. The van der Waals surface area contributed by atoms with E-state index in [4.69, 9.17) is 16.3 Å². The second-order valence-electron chi connectivity index (χ2n) is 6.00. The summed E-state index contributed by atoms with van der Waals surface area (Å²) in [6.07, 6.45) is 2.89. The van der Waals surface area contributed by atoms with Crippen molar-refractivity contribution in [3.8, 4) is 5.75 Å². The number of methoxy groups -OCH3 is 1. The van der Waals surface area contributed by atoms with Crippen LogP contribution in [0.1, 0.15) is 12.1 Å². The van der Waals surface area contributed by atoms with E-state index in [9.17, 15) is 0 Å². The fourth-order valence-corrected chi connectivity index (χ4v) is 3.30. The monoisotopic (exact) mass is 334 g/mol. The quantitative estimate of drug-likeness (QED) is 0.882. The Morgan fingerprint density at radius 1 is 1.43 bits per heavy atom. The topological polar surface area (TPSA) is 42.3 Å². The summed E-state index contributed by atoms with van der Waals surface area (Å²) in [6, 6.07) is 8.28. The summed E-state index contributed by atoms with van der Waals surface area (Å²) in [7, 11) is 3.63. The first kappa shape index (κ1) is 16.1. The van der Waals surface area contributed by atoms with Crippen LogP contribution < -0.4 is 15.0 Å². The maximum Gasteiger partial charge on any atom is 0.120 e. The van der Waals surface area contributed by atoms with Crippen molar-refractivity contribution in [2.45, 2.75) is 13.0 Å². The van der Waals surface area contributed by atoms with Gasteiger partial charge < -0.3 is 15.0 Å². The minimum absolute atomic E-state index is 0.646. The van der Waals surface area contributed by atoms with Gasteiger partial charge in [-0.25, -0.2) is 0 Å². The molecular formula is C17H23ClN4O. The predicted octanol–water partition coefficient (Wildman–Crippen LogP) is 2.70. The lowest BCUT2D eigenvalue weighted by Gasteiger charge is -2.19. The van der Waals surface area contributed by atoms with Crippen LogP contribution in [0.25, 0.3) is 0 Å². The number of hydrogen-bond acceptors (Lipinski definition) is 4. The number of nitrogens with one attached hydrogen (secondary N) is 1. The molecule has 1 aliphatic heterocycles. The highest BCUT2D eigenvalue weighted by Crippen LogP contribution is 2.26. The zero-order valence-corrected chi connectivity index (χ0v) is 14.4. The van der Waals surface area contributed by atoms with E-state index in [-0.39, 0.29) is 0 Å². The molecule has 1 atom stereocenters. The van der Waals surface area contributed by atoms with Crippen LogP contribution >= 0.6 is 11.6 Å². The Hall–Kier alpha value is -1.72. The molecule has 2 aromatic rings.